The van der Waals surface area contributed by atoms with E-state index in [1.54, 1.807) is 18.2 Å². The first-order chi connectivity index (χ1) is 9.86. The molecule has 1 aliphatic rings. The van der Waals surface area contributed by atoms with Gasteiger partial charge in [-0.15, -0.1) is 0 Å². The maximum absolute atomic E-state index is 11.9. The van der Waals surface area contributed by atoms with Crippen LogP contribution < -0.4 is 10.6 Å². The Morgan fingerprint density at radius 1 is 1.24 bits per heavy atom. The molecule has 2 rings (SSSR count). The lowest BCUT2D eigenvalue weighted by Gasteiger charge is -2.35. The summed E-state index contributed by atoms with van der Waals surface area (Å²) in [6.07, 6.45) is 5.78. The van der Waals surface area contributed by atoms with Gasteiger partial charge >= 0.3 is 6.03 Å². The van der Waals surface area contributed by atoms with Crippen LogP contribution in [0.1, 0.15) is 20.8 Å². The van der Waals surface area contributed by atoms with Crippen molar-refractivity contribution < 1.29 is 9.90 Å². The Labute approximate surface area is 125 Å². The van der Waals surface area contributed by atoms with Gasteiger partial charge in [-0.05, 0) is 45.1 Å². The van der Waals surface area contributed by atoms with E-state index in [4.69, 9.17) is 0 Å². The standard InChI is InChI=1S/C16H21N3O2/c1-16(2,3)19-10-8-12(9-11-19)17-15(21)18-13-6-4-5-7-14(13)20/h4-10,20H,11H2,1-3H3,(H2,17,18,21). The third kappa shape index (κ3) is 4.02. The summed E-state index contributed by atoms with van der Waals surface area (Å²) >= 11 is 0. The van der Waals surface area contributed by atoms with Crippen LogP contribution in [0, 0.1) is 0 Å². The molecule has 5 nitrogen and oxygen atoms in total. The first-order valence-electron chi connectivity index (χ1n) is 6.87. The molecule has 0 radical (unpaired) electrons. The van der Waals surface area contributed by atoms with Crippen LogP contribution in [-0.4, -0.2) is 28.1 Å². The molecule has 3 N–H and O–H groups in total. The van der Waals surface area contributed by atoms with Gasteiger partial charge in [0.25, 0.3) is 0 Å². The lowest BCUT2D eigenvalue weighted by Crippen LogP contribution is -2.39. The number of phenolic OH excluding ortho intramolecular Hbond substituents is 1. The Morgan fingerprint density at radius 3 is 2.52 bits per heavy atom. The van der Waals surface area contributed by atoms with Gasteiger partial charge in [-0.2, -0.15) is 0 Å². The zero-order valence-electron chi connectivity index (χ0n) is 12.6. The van der Waals surface area contributed by atoms with Crippen molar-refractivity contribution in [3.8, 4) is 5.75 Å². The van der Waals surface area contributed by atoms with Crippen LogP contribution in [0.15, 0.2) is 48.3 Å². The lowest BCUT2D eigenvalue weighted by molar-refractivity contribution is 0.223. The summed E-state index contributed by atoms with van der Waals surface area (Å²) in [5.74, 6) is 0.0414. The number of aromatic hydroxyl groups is 1. The Kier molecular flexibility index (Phi) is 4.21. The Hall–Kier alpha value is -2.43. The molecule has 0 spiro atoms. The molecule has 0 fully saturated rings. The predicted molar refractivity (Wildman–Crippen MR) is 83.9 cm³/mol. The maximum Gasteiger partial charge on any atom is 0.323 e. The number of phenols is 1. The minimum absolute atomic E-state index is 0.0414. The zero-order valence-corrected chi connectivity index (χ0v) is 12.6. The van der Waals surface area contributed by atoms with Crippen molar-refractivity contribution in [1.82, 2.24) is 10.2 Å². The molecule has 5 heteroatoms. The van der Waals surface area contributed by atoms with E-state index >= 15 is 0 Å². The molecule has 0 bridgehead atoms. The molecule has 0 unspecified atom stereocenters. The van der Waals surface area contributed by atoms with E-state index in [-0.39, 0.29) is 17.3 Å². The summed E-state index contributed by atoms with van der Waals surface area (Å²) in [4.78, 5) is 14.1. The van der Waals surface area contributed by atoms with Crippen LogP contribution >= 0.6 is 0 Å². The fraction of sp³-hybridized carbons (Fsp3) is 0.312. The van der Waals surface area contributed by atoms with Gasteiger partial charge in [0.05, 0.1) is 5.69 Å². The van der Waals surface area contributed by atoms with E-state index in [2.05, 4.69) is 36.3 Å². The highest BCUT2D eigenvalue weighted by Crippen LogP contribution is 2.21. The Balaban J connectivity index is 1.92. The molecular weight excluding hydrogens is 266 g/mol. The molecule has 0 saturated heterocycles. The van der Waals surface area contributed by atoms with Crippen LogP contribution in [-0.2, 0) is 0 Å². The summed E-state index contributed by atoms with van der Waals surface area (Å²) in [5.41, 5.74) is 1.17. The maximum atomic E-state index is 11.9. The second kappa shape index (κ2) is 5.91. The monoisotopic (exact) mass is 287 g/mol. The highest BCUT2D eigenvalue weighted by atomic mass is 16.3. The van der Waals surface area contributed by atoms with Gasteiger partial charge < -0.3 is 20.6 Å². The Bertz CT molecular complexity index is 585. The summed E-state index contributed by atoms with van der Waals surface area (Å²) in [5, 5.41) is 15.0. The summed E-state index contributed by atoms with van der Waals surface area (Å²) in [6, 6.07) is 6.23. The number of carbonyl (C=O) groups excluding carboxylic acids is 1. The highest BCUT2D eigenvalue weighted by Gasteiger charge is 2.19. The van der Waals surface area contributed by atoms with Crippen molar-refractivity contribution >= 4 is 11.7 Å². The number of urea groups is 1. The SMILES string of the molecule is CC(C)(C)N1C=CC(NC(=O)Nc2ccccc2O)=CC1. The van der Waals surface area contributed by atoms with Gasteiger partial charge in [0.2, 0.25) is 0 Å². The average Bonchev–Trinajstić information content (AvgIpc) is 2.41. The van der Waals surface area contributed by atoms with Crippen molar-refractivity contribution in [3.63, 3.8) is 0 Å². The Morgan fingerprint density at radius 2 is 1.95 bits per heavy atom. The molecule has 1 aromatic carbocycles. The largest absolute Gasteiger partial charge is 0.506 e. The molecule has 1 aliphatic heterocycles. The van der Waals surface area contributed by atoms with E-state index in [0.717, 1.165) is 12.2 Å². The summed E-state index contributed by atoms with van der Waals surface area (Å²) in [6.45, 7) is 7.14. The molecule has 0 saturated carbocycles. The van der Waals surface area contributed by atoms with Crippen LogP contribution in [0.5, 0.6) is 5.75 Å². The fourth-order valence-corrected chi connectivity index (χ4v) is 1.95. The van der Waals surface area contributed by atoms with Crippen LogP contribution in [0.4, 0.5) is 10.5 Å². The van der Waals surface area contributed by atoms with Gasteiger partial charge in [-0.3, -0.25) is 0 Å². The van der Waals surface area contributed by atoms with Gasteiger partial charge in [-0.25, -0.2) is 4.79 Å². The number of hydrogen-bond acceptors (Lipinski definition) is 3. The third-order valence-corrected chi connectivity index (χ3v) is 3.21. The molecule has 21 heavy (non-hydrogen) atoms. The number of rotatable bonds is 2. The van der Waals surface area contributed by atoms with Crippen LogP contribution in [0.3, 0.4) is 0 Å². The van der Waals surface area contributed by atoms with Crippen LogP contribution in [0.25, 0.3) is 0 Å². The van der Waals surface area contributed by atoms with Crippen molar-refractivity contribution in [3.05, 3.63) is 48.3 Å². The summed E-state index contributed by atoms with van der Waals surface area (Å²) < 4.78 is 0. The average molecular weight is 287 g/mol. The van der Waals surface area contributed by atoms with Crippen molar-refractivity contribution in [1.29, 1.82) is 0 Å². The molecule has 0 atom stereocenters. The minimum Gasteiger partial charge on any atom is -0.506 e. The number of allylic oxidation sites excluding steroid dienone is 1. The van der Waals surface area contributed by atoms with Gasteiger partial charge in [-0.1, -0.05) is 12.1 Å². The number of anilines is 1. The van der Waals surface area contributed by atoms with E-state index in [9.17, 15) is 9.90 Å². The molecule has 1 heterocycles. The predicted octanol–water partition coefficient (Wildman–Crippen LogP) is 3.03. The van der Waals surface area contributed by atoms with Crippen LogP contribution in [0.2, 0.25) is 0 Å². The number of benzene rings is 1. The van der Waals surface area contributed by atoms with Crippen molar-refractivity contribution in [2.45, 2.75) is 26.3 Å². The second-order valence-electron chi connectivity index (χ2n) is 5.89. The first kappa shape index (κ1) is 15.0. The molecule has 112 valence electrons. The molecule has 1 aromatic rings. The number of nitrogens with zero attached hydrogens (tertiary/aromatic N) is 1. The van der Waals surface area contributed by atoms with E-state index in [0.29, 0.717) is 5.69 Å². The number of nitrogens with one attached hydrogen (secondary N) is 2. The third-order valence-electron chi connectivity index (χ3n) is 3.21. The normalized spacial score (nSPS) is 14.6. The lowest BCUT2D eigenvalue weighted by atomic mass is 10.1. The molecule has 0 aromatic heterocycles. The van der Waals surface area contributed by atoms with Gasteiger partial charge in [0.1, 0.15) is 5.75 Å². The highest BCUT2D eigenvalue weighted by molar-refractivity contribution is 5.92. The minimum atomic E-state index is -0.378. The fourth-order valence-electron chi connectivity index (χ4n) is 1.95. The summed E-state index contributed by atoms with van der Waals surface area (Å²) in [7, 11) is 0. The topological polar surface area (TPSA) is 64.6 Å². The van der Waals surface area contributed by atoms with Crippen molar-refractivity contribution in [2.75, 3.05) is 11.9 Å². The van der Waals surface area contributed by atoms with E-state index in [1.807, 2.05) is 18.4 Å². The first-order valence-corrected chi connectivity index (χ1v) is 6.87. The number of carbonyl (C=O) groups is 1. The van der Waals surface area contributed by atoms with Crippen molar-refractivity contribution in [2.24, 2.45) is 0 Å². The molecule has 0 aliphatic carbocycles. The van der Waals surface area contributed by atoms with E-state index in [1.165, 1.54) is 6.07 Å². The second-order valence-corrected chi connectivity index (χ2v) is 5.89. The molecule has 2 amide bonds. The smallest absolute Gasteiger partial charge is 0.323 e. The number of hydrogen-bond donors (Lipinski definition) is 3. The quantitative estimate of drug-likeness (QED) is 0.733. The zero-order chi connectivity index (χ0) is 15.5. The van der Waals surface area contributed by atoms with Gasteiger partial charge in [0.15, 0.2) is 0 Å². The molecular formula is C16H21N3O2. The number of amides is 2. The van der Waals surface area contributed by atoms with Gasteiger partial charge in [0, 0.05) is 24.0 Å². The van der Waals surface area contributed by atoms with E-state index < -0.39 is 0 Å². The number of para-hydroxylation sites is 2.